The fourth-order valence-electron chi connectivity index (χ4n) is 0.742. The molecule has 12 heavy (non-hydrogen) atoms. The van der Waals surface area contributed by atoms with Crippen LogP contribution in [0, 0.1) is 0 Å². The van der Waals surface area contributed by atoms with E-state index in [9.17, 15) is 0 Å². The van der Waals surface area contributed by atoms with Gasteiger partial charge in [-0.2, -0.15) is 5.10 Å². The zero-order chi connectivity index (χ0) is 8.97. The number of rotatable bonds is 2. The van der Waals surface area contributed by atoms with E-state index in [4.69, 9.17) is 11.5 Å². The molecule has 0 atom stereocenters. The molecule has 5 heteroatoms. The summed E-state index contributed by atoms with van der Waals surface area (Å²) in [6.45, 7) is 1.82. The van der Waals surface area contributed by atoms with Crippen LogP contribution in [-0.2, 0) is 0 Å². The average Bonchev–Trinajstić information content (AvgIpc) is 2.51. The van der Waals surface area contributed by atoms with Gasteiger partial charge in [0.05, 0.1) is 11.4 Å². The zero-order valence-electron chi connectivity index (χ0n) is 6.78. The van der Waals surface area contributed by atoms with Gasteiger partial charge in [0.15, 0.2) is 0 Å². The minimum Gasteiger partial charge on any atom is -0.369 e. The lowest BCUT2D eigenvalue weighted by Crippen LogP contribution is -2.22. The standard InChI is InChI=1S/C7H11N5/c1-5(11-12-7(8)9)6-3-2-4-10-6/h2-4,10H,1H3,(H4,8,9,12)/b11-5-. The van der Waals surface area contributed by atoms with Crippen molar-refractivity contribution in [3.8, 4) is 0 Å². The summed E-state index contributed by atoms with van der Waals surface area (Å²) < 4.78 is 0. The molecule has 0 aliphatic heterocycles. The van der Waals surface area contributed by atoms with E-state index in [0.717, 1.165) is 11.4 Å². The monoisotopic (exact) mass is 165 g/mol. The Morgan fingerprint density at radius 2 is 2.17 bits per heavy atom. The molecule has 0 amide bonds. The smallest absolute Gasteiger partial charge is 0.211 e. The number of aromatic nitrogens is 1. The fourth-order valence-corrected chi connectivity index (χ4v) is 0.742. The van der Waals surface area contributed by atoms with Crippen molar-refractivity contribution in [3.05, 3.63) is 24.0 Å². The van der Waals surface area contributed by atoms with Crippen molar-refractivity contribution < 1.29 is 0 Å². The average molecular weight is 165 g/mol. The SMILES string of the molecule is C/C(=N/N=C(N)N)c1ccc[nH]1. The number of aromatic amines is 1. The molecule has 1 heterocycles. The van der Waals surface area contributed by atoms with Gasteiger partial charge < -0.3 is 16.5 Å². The van der Waals surface area contributed by atoms with Crippen molar-refractivity contribution >= 4 is 11.7 Å². The number of guanidine groups is 1. The lowest BCUT2D eigenvalue weighted by atomic mass is 10.3. The van der Waals surface area contributed by atoms with Crippen LogP contribution in [-0.4, -0.2) is 16.7 Å². The van der Waals surface area contributed by atoms with Crippen LogP contribution >= 0.6 is 0 Å². The van der Waals surface area contributed by atoms with Crippen LogP contribution in [0.4, 0.5) is 0 Å². The summed E-state index contributed by atoms with van der Waals surface area (Å²) in [4.78, 5) is 2.98. The van der Waals surface area contributed by atoms with Gasteiger partial charge in [-0.1, -0.05) is 0 Å². The second-order valence-electron chi connectivity index (χ2n) is 2.29. The van der Waals surface area contributed by atoms with Gasteiger partial charge in [0.25, 0.3) is 0 Å². The van der Waals surface area contributed by atoms with Crippen LogP contribution in [0.15, 0.2) is 28.5 Å². The largest absolute Gasteiger partial charge is 0.369 e. The molecule has 0 fully saturated rings. The molecule has 0 radical (unpaired) electrons. The molecule has 0 saturated heterocycles. The van der Waals surface area contributed by atoms with E-state index in [1.54, 1.807) is 0 Å². The third-order valence-corrected chi connectivity index (χ3v) is 1.30. The van der Waals surface area contributed by atoms with Crippen molar-refractivity contribution in [2.45, 2.75) is 6.92 Å². The van der Waals surface area contributed by atoms with Crippen LogP contribution in [0.2, 0.25) is 0 Å². The molecule has 0 aromatic carbocycles. The lowest BCUT2D eigenvalue weighted by molar-refractivity contribution is 1.18. The molecule has 64 valence electrons. The van der Waals surface area contributed by atoms with Crippen molar-refractivity contribution in [2.75, 3.05) is 0 Å². The summed E-state index contributed by atoms with van der Waals surface area (Å²) in [6.07, 6.45) is 1.81. The molecule has 5 nitrogen and oxygen atoms in total. The molecule has 0 aliphatic rings. The predicted octanol–water partition coefficient (Wildman–Crippen LogP) is 0.0121. The van der Waals surface area contributed by atoms with Crippen LogP contribution in [0.1, 0.15) is 12.6 Å². The van der Waals surface area contributed by atoms with Gasteiger partial charge in [0, 0.05) is 6.20 Å². The molecule has 5 N–H and O–H groups in total. The van der Waals surface area contributed by atoms with Gasteiger partial charge >= 0.3 is 0 Å². The highest BCUT2D eigenvalue weighted by Crippen LogP contribution is 1.96. The number of hydrogen-bond acceptors (Lipinski definition) is 2. The minimum atomic E-state index is -0.0408. The first-order valence-corrected chi connectivity index (χ1v) is 3.47. The van der Waals surface area contributed by atoms with E-state index in [2.05, 4.69) is 15.2 Å². The van der Waals surface area contributed by atoms with E-state index in [1.165, 1.54) is 0 Å². The highest BCUT2D eigenvalue weighted by Gasteiger charge is 1.94. The van der Waals surface area contributed by atoms with E-state index in [-0.39, 0.29) is 5.96 Å². The van der Waals surface area contributed by atoms with Gasteiger partial charge in [0.2, 0.25) is 5.96 Å². The molecule has 0 spiro atoms. The Morgan fingerprint density at radius 1 is 1.42 bits per heavy atom. The van der Waals surface area contributed by atoms with Crippen LogP contribution < -0.4 is 11.5 Å². The van der Waals surface area contributed by atoms with Crippen LogP contribution in [0.3, 0.4) is 0 Å². The van der Waals surface area contributed by atoms with Crippen molar-refractivity contribution in [2.24, 2.45) is 21.7 Å². The fraction of sp³-hybridized carbons (Fsp3) is 0.143. The summed E-state index contributed by atoms with van der Waals surface area (Å²) in [5.41, 5.74) is 11.9. The van der Waals surface area contributed by atoms with Crippen molar-refractivity contribution in [3.63, 3.8) is 0 Å². The highest BCUT2D eigenvalue weighted by atomic mass is 15.3. The Hall–Kier alpha value is -1.78. The molecule has 0 aliphatic carbocycles. The number of nitrogens with zero attached hydrogens (tertiary/aromatic N) is 2. The van der Waals surface area contributed by atoms with Gasteiger partial charge in [-0.25, -0.2) is 0 Å². The molecule has 1 aromatic rings. The summed E-state index contributed by atoms with van der Waals surface area (Å²) in [5.74, 6) is -0.0408. The number of nitrogens with two attached hydrogens (primary N) is 2. The maximum atomic E-state index is 5.10. The zero-order valence-corrected chi connectivity index (χ0v) is 6.78. The van der Waals surface area contributed by atoms with Crippen molar-refractivity contribution in [1.29, 1.82) is 0 Å². The Balaban J connectivity index is 2.78. The first-order chi connectivity index (χ1) is 5.70. The first-order valence-electron chi connectivity index (χ1n) is 3.47. The maximum absolute atomic E-state index is 5.10. The molecule has 1 aromatic heterocycles. The van der Waals surface area contributed by atoms with Gasteiger partial charge in [-0.3, -0.25) is 0 Å². The summed E-state index contributed by atoms with van der Waals surface area (Å²) in [7, 11) is 0. The molecular formula is C7H11N5. The highest BCUT2D eigenvalue weighted by molar-refractivity contribution is 5.97. The third-order valence-electron chi connectivity index (χ3n) is 1.30. The van der Waals surface area contributed by atoms with Crippen molar-refractivity contribution in [1.82, 2.24) is 4.98 Å². The topological polar surface area (TPSA) is 92.5 Å². The van der Waals surface area contributed by atoms with E-state index < -0.39 is 0 Å². The Bertz CT molecular complexity index is 292. The molecule has 0 unspecified atom stereocenters. The number of hydrogen-bond donors (Lipinski definition) is 3. The Morgan fingerprint density at radius 3 is 2.67 bits per heavy atom. The normalized spacial score (nSPS) is 11.2. The molecule has 0 saturated carbocycles. The van der Waals surface area contributed by atoms with E-state index in [0.29, 0.717) is 0 Å². The minimum absolute atomic E-state index is 0.0408. The number of nitrogens with one attached hydrogen (secondary N) is 1. The summed E-state index contributed by atoms with van der Waals surface area (Å²) in [6, 6.07) is 3.77. The van der Waals surface area contributed by atoms with Gasteiger partial charge in [-0.05, 0) is 19.1 Å². The maximum Gasteiger partial charge on any atom is 0.211 e. The second-order valence-corrected chi connectivity index (χ2v) is 2.29. The van der Waals surface area contributed by atoms with Crippen LogP contribution in [0.5, 0.6) is 0 Å². The second kappa shape index (κ2) is 3.56. The number of H-pyrrole nitrogens is 1. The third kappa shape index (κ3) is 2.12. The summed E-state index contributed by atoms with van der Waals surface area (Å²) >= 11 is 0. The lowest BCUT2D eigenvalue weighted by Gasteiger charge is -1.92. The first kappa shape index (κ1) is 8.32. The van der Waals surface area contributed by atoms with Gasteiger partial charge in [0.1, 0.15) is 0 Å². The quantitative estimate of drug-likeness (QED) is 0.327. The predicted molar refractivity (Wildman–Crippen MR) is 48.8 cm³/mol. The Labute approximate surface area is 70.2 Å². The van der Waals surface area contributed by atoms with E-state index >= 15 is 0 Å². The van der Waals surface area contributed by atoms with Gasteiger partial charge in [-0.15, -0.1) is 5.10 Å². The summed E-state index contributed by atoms with van der Waals surface area (Å²) in [5, 5.41) is 7.31. The molecule has 1 rings (SSSR count). The molecule has 0 bridgehead atoms. The molecular weight excluding hydrogens is 154 g/mol. The van der Waals surface area contributed by atoms with E-state index in [1.807, 2.05) is 25.3 Å². The van der Waals surface area contributed by atoms with Crippen LogP contribution in [0.25, 0.3) is 0 Å². The Kier molecular flexibility index (Phi) is 2.47.